The van der Waals surface area contributed by atoms with Gasteiger partial charge in [0.2, 0.25) is 11.8 Å². The Bertz CT molecular complexity index is 1260. The van der Waals surface area contributed by atoms with Crippen molar-refractivity contribution in [2.75, 3.05) is 18.8 Å². The topological polar surface area (TPSA) is 141 Å². The maximum Gasteiger partial charge on any atom is 0.471 e. The second kappa shape index (κ2) is 8.41. The number of anilines is 1. The number of nitrogens with zero attached hydrogens (tertiary/aromatic N) is 3. The molecule has 1 saturated carbocycles. The number of carbonyl (C=O) groups excluding carboxylic acids is 3. The van der Waals surface area contributed by atoms with Gasteiger partial charge in [0.15, 0.2) is 0 Å². The Hall–Kier alpha value is -3.88. The fraction of sp³-hybridized carbons (Fsp3) is 0.435. The highest BCUT2D eigenvalue weighted by atomic mass is 19.4. The van der Waals surface area contributed by atoms with E-state index in [1.807, 2.05) is 19.9 Å². The Morgan fingerprint density at radius 2 is 1.94 bits per heavy atom. The summed E-state index contributed by atoms with van der Waals surface area (Å²) in [5, 5.41) is 15.3. The van der Waals surface area contributed by atoms with Crippen molar-refractivity contribution in [3.05, 3.63) is 36.0 Å². The molecule has 3 amide bonds. The van der Waals surface area contributed by atoms with E-state index in [0.29, 0.717) is 16.3 Å². The van der Waals surface area contributed by atoms with E-state index in [2.05, 4.69) is 10.3 Å². The van der Waals surface area contributed by atoms with Crippen LogP contribution in [0.4, 0.5) is 19.0 Å². The lowest BCUT2D eigenvalue weighted by atomic mass is 9.98. The molecule has 1 aromatic carbocycles. The summed E-state index contributed by atoms with van der Waals surface area (Å²) in [6.07, 6.45) is -3.72. The average Bonchev–Trinajstić information content (AvgIpc) is 3.14. The second-order valence-corrected chi connectivity index (χ2v) is 9.34. The minimum Gasteiger partial charge on any atom is -0.383 e. The number of carbonyl (C=O) groups is 3. The molecule has 2 aliphatic rings. The van der Waals surface area contributed by atoms with Gasteiger partial charge in [-0.2, -0.15) is 18.4 Å². The maximum absolute atomic E-state index is 13.4. The summed E-state index contributed by atoms with van der Waals surface area (Å²) in [6.45, 7) is 3.15. The smallest absolute Gasteiger partial charge is 0.383 e. The quantitative estimate of drug-likeness (QED) is 0.585. The molecule has 2 aromatic rings. The van der Waals surface area contributed by atoms with Crippen LogP contribution in [0.15, 0.2) is 30.5 Å². The van der Waals surface area contributed by atoms with Gasteiger partial charge in [0.1, 0.15) is 17.9 Å². The largest absolute Gasteiger partial charge is 0.471 e. The summed E-state index contributed by atoms with van der Waals surface area (Å²) >= 11 is 0. The molecule has 2 fully saturated rings. The Morgan fingerprint density at radius 1 is 1.29 bits per heavy atom. The fourth-order valence-electron chi connectivity index (χ4n) is 5.07. The Labute approximate surface area is 198 Å². The zero-order valence-electron chi connectivity index (χ0n) is 18.9. The maximum atomic E-state index is 13.4. The molecule has 0 spiro atoms. The molecule has 1 aliphatic heterocycles. The first-order chi connectivity index (χ1) is 16.4. The second-order valence-electron chi connectivity index (χ2n) is 9.34. The molecule has 1 aliphatic carbocycles. The van der Waals surface area contributed by atoms with Crippen molar-refractivity contribution < 1.29 is 27.6 Å². The number of nitrogen functional groups attached to an aromatic ring is 1. The molecule has 12 heteroatoms. The van der Waals surface area contributed by atoms with Crippen molar-refractivity contribution >= 4 is 34.3 Å². The number of hydrogen-bond donors (Lipinski definition) is 3. The van der Waals surface area contributed by atoms with E-state index < -0.39 is 42.5 Å². The lowest BCUT2D eigenvalue weighted by molar-refractivity contribution is -0.174. The number of nitriles is 1. The van der Waals surface area contributed by atoms with Crippen molar-refractivity contribution in [1.29, 1.82) is 5.26 Å². The Kier molecular flexibility index (Phi) is 5.82. The van der Waals surface area contributed by atoms with Crippen LogP contribution in [0, 0.1) is 28.6 Å². The number of amides is 3. The first-order valence-corrected chi connectivity index (χ1v) is 10.9. The summed E-state index contributed by atoms with van der Waals surface area (Å²) in [6, 6.07) is 6.94. The summed E-state index contributed by atoms with van der Waals surface area (Å²) in [5.74, 6) is -3.64. The summed E-state index contributed by atoms with van der Waals surface area (Å²) in [5.41, 5.74) is 6.09. The van der Waals surface area contributed by atoms with Gasteiger partial charge in [-0.1, -0.05) is 38.1 Å². The van der Waals surface area contributed by atoms with Gasteiger partial charge in [-0.15, -0.1) is 0 Å². The van der Waals surface area contributed by atoms with Crippen LogP contribution in [0.3, 0.4) is 0 Å². The van der Waals surface area contributed by atoms with E-state index in [-0.39, 0.29) is 29.6 Å². The molecule has 0 bridgehead atoms. The van der Waals surface area contributed by atoms with Gasteiger partial charge in [-0.25, -0.2) is 4.98 Å². The molecule has 4 N–H and O–H groups in total. The lowest BCUT2D eigenvalue weighted by Gasteiger charge is -2.31. The SMILES string of the molecule is CC1(C)[C@@H]2[C@@H](C(=O)NC(C#N)c3cnc(N)c4ccccc34)N(C(=O)CNC(=O)C(F)(F)F)C[C@@H]21. The monoisotopic (exact) mass is 488 g/mol. The number of rotatable bonds is 5. The Morgan fingerprint density at radius 3 is 2.57 bits per heavy atom. The first kappa shape index (κ1) is 24.3. The predicted molar refractivity (Wildman–Crippen MR) is 118 cm³/mol. The number of fused-ring (bicyclic) bond motifs is 2. The summed E-state index contributed by atoms with van der Waals surface area (Å²) < 4.78 is 37.5. The van der Waals surface area contributed by atoms with E-state index >= 15 is 0 Å². The molecule has 1 saturated heterocycles. The van der Waals surface area contributed by atoms with Gasteiger partial charge in [0.25, 0.3) is 0 Å². The molecule has 184 valence electrons. The molecule has 1 unspecified atom stereocenters. The van der Waals surface area contributed by atoms with E-state index in [9.17, 15) is 32.8 Å². The number of nitrogens with one attached hydrogen (secondary N) is 2. The van der Waals surface area contributed by atoms with Gasteiger partial charge in [-0.05, 0) is 22.6 Å². The van der Waals surface area contributed by atoms with Crippen LogP contribution in [0.1, 0.15) is 25.5 Å². The van der Waals surface area contributed by atoms with E-state index in [1.54, 1.807) is 29.6 Å². The highest BCUT2D eigenvalue weighted by Crippen LogP contribution is 2.64. The van der Waals surface area contributed by atoms with Crippen molar-refractivity contribution in [1.82, 2.24) is 20.5 Å². The number of aromatic nitrogens is 1. The van der Waals surface area contributed by atoms with Crippen LogP contribution in [0.5, 0.6) is 0 Å². The normalized spacial score (nSPS) is 23.2. The third-order valence-corrected chi connectivity index (χ3v) is 7.04. The van der Waals surface area contributed by atoms with Crippen LogP contribution in [0.25, 0.3) is 10.8 Å². The molecule has 4 rings (SSSR count). The van der Waals surface area contributed by atoms with Crippen LogP contribution in [-0.4, -0.2) is 52.9 Å². The number of nitrogens with two attached hydrogens (primary N) is 1. The predicted octanol–water partition coefficient (Wildman–Crippen LogP) is 1.66. The minimum atomic E-state index is -5.12. The number of halogens is 3. The van der Waals surface area contributed by atoms with E-state index in [4.69, 9.17) is 5.73 Å². The fourth-order valence-corrected chi connectivity index (χ4v) is 5.07. The zero-order valence-corrected chi connectivity index (χ0v) is 18.9. The van der Waals surface area contributed by atoms with Crippen LogP contribution in [-0.2, 0) is 14.4 Å². The summed E-state index contributed by atoms with van der Waals surface area (Å²) in [4.78, 5) is 42.4. The molecule has 9 nitrogen and oxygen atoms in total. The summed E-state index contributed by atoms with van der Waals surface area (Å²) in [7, 11) is 0. The van der Waals surface area contributed by atoms with Crippen LogP contribution in [0.2, 0.25) is 0 Å². The zero-order chi connectivity index (χ0) is 25.7. The van der Waals surface area contributed by atoms with Crippen molar-refractivity contribution in [3.63, 3.8) is 0 Å². The standard InChI is InChI=1S/C23H23F3N6O3/c1-22(2)14-10-32(16(33)9-30-21(35)23(24,25)26)18(17(14)22)20(34)31-15(7-27)13-8-29-19(28)12-6-4-3-5-11(12)13/h3-6,8,14-15,17-18H,9-10H2,1-2H3,(H2,28,29)(H,30,35)(H,31,34)/t14-,15?,17-,18-/m0/s1. The first-order valence-electron chi connectivity index (χ1n) is 10.9. The molecule has 1 aromatic heterocycles. The molecule has 4 atom stereocenters. The third-order valence-electron chi connectivity index (χ3n) is 7.04. The lowest BCUT2D eigenvalue weighted by Crippen LogP contribution is -2.53. The molecule has 2 heterocycles. The number of benzene rings is 1. The van der Waals surface area contributed by atoms with Crippen molar-refractivity contribution in [2.24, 2.45) is 17.3 Å². The number of likely N-dealkylation sites (tertiary alicyclic amines) is 1. The van der Waals surface area contributed by atoms with Crippen molar-refractivity contribution in [3.8, 4) is 6.07 Å². The number of hydrogen-bond acceptors (Lipinski definition) is 6. The van der Waals surface area contributed by atoms with Gasteiger partial charge in [0.05, 0.1) is 12.6 Å². The number of pyridine rings is 1. The number of alkyl halides is 3. The molecular formula is C23H23F3N6O3. The van der Waals surface area contributed by atoms with Gasteiger partial charge in [0, 0.05) is 23.7 Å². The average molecular weight is 488 g/mol. The Balaban J connectivity index is 1.55. The van der Waals surface area contributed by atoms with Crippen LogP contribution >= 0.6 is 0 Å². The minimum absolute atomic E-state index is 0.0277. The molecular weight excluding hydrogens is 465 g/mol. The van der Waals surface area contributed by atoms with Crippen LogP contribution < -0.4 is 16.4 Å². The van der Waals surface area contributed by atoms with Gasteiger partial charge in [-0.3, -0.25) is 14.4 Å². The number of piperidine rings is 1. The van der Waals surface area contributed by atoms with Crippen molar-refractivity contribution in [2.45, 2.75) is 32.1 Å². The highest BCUT2D eigenvalue weighted by molar-refractivity contribution is 5.95. The highest BCUT2D eigenvalue weighted by Gasteiger charge is 2.69. The van der Waals surface area contributed by atoms with E-state index in [0.717, 1.165) is 0 Å². The molecule has 0 radical (unpaired) electrons. The third kappa shape index (κ3) is 4.22. The van der Waals surface area contributed by atoms with Gasteiger partial charge >= 0.3 is 12.1 Å². The van der Waals surface area contributed by atoms with E-state index in [1.165, 1.54) is 11.1 Å². The van der Waals surface area contributed by atoms with Gasteiger partial charge < -0.3 is 21.3 Å². The molecule has 35 heavy (non-hydrogen) atoms.